The maximum absolute atomic E-state index is 17.4. The van der Waals surface area contributed by atoms with Gasteiger partial charge in [0, 0.05) is 30.1 Å². The molecule has 0 bridgehead atoms. The van der Waals surface area contributed by atoms with Crippen molar-refractivity contribution in [3.63, 3.8) is 0 Å². The standard InChI is InChI=1S/C27H40ClFO5/c1-5-6-7-23(33)34-26(22(32)15-28)11-9-18-20-12-16(2)19-13-17(30)8-10-24(19,3)27(20,29)21(31)14-25(18,26)4/h16,18-21,31H,5-15H2,1-4H3/t16?,18-,19?,20-,21?,24-,25-,26-,27-/m0/s1. The summed E-state index contributed by atoms with van der Waals surface area (Å²) in [5.74, 6) is -1.54. The summed E-state index contributed by atoms with van der Waals surface area (Å²) in [6.45, 7) is 7.90. The number of aliphatic hydroxyl groups excluding tert-OH is 1. The molecular weight excluding hydrogens is 459 g/mol. The van der Waals surface area contributed by atoms with Gasteiger partial charge in [0.15, 0.2) is 11.4 Å². The van der Waals surface area contributed by atoms with E-state index in [-0.39, 0.29) is 48.0 Å². The zero-order chi connectivity index (χ0) is 25.1. The van der Waals surface area contributed by atoms with Gasteiger partial charge in [-0.05, 0) is 62.2 Å². The van der Waals surface area contributed by atoms with Gasteiger partial charge >= 0.3 is 5.97 Å². The number of hydrogen-bond donors (Lipinski definition) is 1. The molecule has 4 rings (SSSR count). The average Bonchev–Trinajstić information content (AvgIpc) is 3.07. The molecule has 0 radical (unpaired) electrons. The molecule has 0 spiro atoms. The molecule has 4 aliphatic carbocycles. The van der Waals surface area contributed by atoms with Crippen molar-refractivity contribution in [2.45, 2.75) is 109 Å². The fraction of sp³-hybridized carbons (Fsp3) is 0.889. The van der Waals surface area contributed by atoms with E-state index in [1.165, 1.54) is 0 Å². The van der Waals surface area contributed by atoms with Crippen LogP contribution in [0.3, 0.4) is 0 Å². The number of halogens is 2. The zero-order valence-corrected chi connectivity index (χ0v) is 21.8. The highest BCUT2D eigenvalue weighted by molar-refractivity contribution is 6.29. The molecule has 1 N–H and O–H groups in total. The maximum Gasteiger partial charge on any atom is 0.306 e. The molecule has 0 aliphatic heterocycles. The summed E-state index contributed by atoms with van der Waals surface area (Å²) in [5, 5.41) is 11.5. The number of Topliss-reactive ketones (excluding diaryl/α,β-unsaturated/α-hetero) is 2. The number of ketones is 2. The van der Waals surface area contributed by atoms with Gasteiger partial charge in [0.05, 0.1) is 12.0 Å². The van der Waals surface area contributed by atoms with Crippen LogP contribution in [0.4, 0.5) is 4.39 Å². The van der Waals surface area contributed by atoms with Gasteiger partial charge in [-0.1, -0.05) is 34.1 Å². The Balaban J connectivity index is 1.75. The highest BCUT2D eigenvalue weighted by atomic mass is 35.5. The van der Waals surface area contributed by atoms with Crippen molar-refractivity contribution in [2.24, 2.45) is 34.5 Å². The van der Waals surface area contributed by atoms with Crippen molar-refractivity contribution in [1.29, 1.82) is 0 Å². The van der Waals surface area contributed by atoms with Crippen molar-refractivity contribution in [1.82, 2.24) is 0 Å². The van der Waals surface area contributed by atoms with E-state index in [1.807, 2.05) is 20.8 Å². The largest absolute Gasteiger partial charge is 0.450 e. The molecule has 0 aromatic rings. The van der Waals surface area contributed by atoms with E-state index >= 15 is 4.39 Å². The number of hydrogen-bond acceptors (Lipinski definition) is 5. The molecule has 0 aromatic heterocycles. The van der Waals surface area contributed by atoms with Gasteiger partial charge in [0.25, 0.3) is 0 Å². The molecule has 4 aliphatic rings. The van der Waals surface area contributed by atoms with Gasteiger partial charge < -0.3 is 9.84 Å². The van der Waals surface area contributed by atoms with Crippen LogP contribution in [-0.4, -0.2) is 45.9 Å². The molecule has 192 valence electrons. The molecular formula is C27H40ClFO5. The molecule has 0 saturated heterocycles. The van der Waals surface area contributed by atoms with Gasteiger partial charge in [0.1, 0.15) is 11.5 Å². The fourth-order valence-corrected chi connectivity index (χ4v) is 9.05. The number of esters is 1. The molecule has 4 fully saturated rings. The van der Waals surface area contributed by atoms with Gasteiger partial charge in [-0.3, -0.25) is 14.4 Å². The first-order valence-corrected chi connectivity index (χ1v) is 13.6. The minimum absolute atomic E-state index is 0.0407. The van der Waals surface area contributed by atoms with E-state index in [9.17, 15) is 19.5 Å². The lowest BCUT2D eigenvalue weighted by atomic mass is 9.40. The second-order valence-corrected chi connectivity index (χ2v) is 12.4. The number of carbonyl (C=O) groups excluding carboxylic acids is 3. The molecule has 3 unspecified atom stereocenters. The van der Waals surface area contributed by atoms with Gasteiger partial charge in [-0.2, -0.15) is 0 Å². The van der Waals surface area contributed by atoms with Crippen LogP contribution in [0.2, 0.25) is 0 Å². The maximum atomic E-state index is 17.4. The van der Waals surface area contributed by atoms with E-state index in [4.69, 9.17) is 16.3 Å². The van der Waals surface area contributed by atoms with Crippen molar-refractivity contribution >= 4 is 29.1 Å². The third-order valence-corrected chi connectivity index (χ3v) is 10.9. The lowest BCUT2D eigenvalue weighted by Crippen LogP contribution is -2.72. The summed E-state index contributed by atoms with van der Waals surface area (Å²) < 4.78 is 23.4. The Morgan fingerprint density at radius 2 is 1.88 bits per heavy atom. The van der Waals surface area contributed by atoms with Crippen LogP contribution in [0.25, 0.3) is 0 Å². The molecule has 34 heavy (non-hydrogen) atoms. The number of ether oxygens (including phenoxy) is 1. The number of aliphatic hydroxyl groups is 1. The predicted molar refractivity (Wildman–Crippen MR) is 127 cm³/mol. The smallest absolute Gasteiger partial charge is 0.306 e. The molecule has 9 atom stereocenters. The summed E-state index contributed by atoms with van der Waals surface area (Å²) in [5.41, 5.74) is -4.98. The van der Waals surface area contributed by atoms with Gasteiger partial charge in [-0.15, -0.1) is 11.6 Å². The molecule has 0 amide bonds. The second kappa shape index (κ2) is 8.83. The summed E-state index contributed by atoms with van der Waals surface area (Å²) in [7, 11) is 0. The lowest BCUT2D eigenvalue weighted by Gasteiger charge is -2.66. The van der Waals surface area contributed by atoms with E-state index < -0.39 is 40.1 Å². The first kappa shape index (κ1) is 26.1. The molecule has 5 nitrogen and oxygen atoms in total. The van der Waals surface area contributed by atoms with E-state index in [0.717, 1.165) is 6.42 Å². The van der Waals surface area contributed by atoms with E-state index in [0.29, 0.717) is 44.9 Å². The summed E-state index contributed by atoms with van der Waals surface area (Å²) in [4.78, 5) is 38.4. The SMILES string of the molecule is CCCCC(=O)O[C@]1(C(=O)CCl)CC[C@H]2[C@@H]3CC(C)C4CC(=O)CC[C@]4(C)[C@@]3(F)C(O)C[C@@]21C. The molecule has 0 heterocycles. The van der Waals surface area contributed by atoms with Crippen molar-refractivity contribution < 1.29 is 28.6 Å². The number of alkyl halides is 2. The Bertz CT molecular complexity index is 864. The van der Waals surface area contributed by atoms with Crippen LogP contribution < -0.4 is 0 Å². The second-order valence-electron chi connectivity index (χ2n) is 12.1. The topological polar surface area (TPSA) is 80.7 Å². The number of fused-ring (bicyclic) bond motifs is 5. The Hall–Kier alpha value is -1.01. The van der Waals surface area contributed by atoms with Crippen LogP contribution in [0.5, 0.6) is 0 Å². The molecule has 7 heteroatoms. The molecule has 0 aromatic carbocycles. The van der Waals surface area contributed by atoms with Crippen molar-refractivity contribution in [3.05, 3.63) is 0 Å². The number of carbonyl (C=O) groups is 3. The Labute approximate surface area is 207 Å². The average molecular weight is 499 g/mol. The third-order valence-electron chi connectivity index (χ3n) is 10.6. The van der Waals surface area contributed by atoms with Crippen LogP contribution in [0, 0.1) is 34.5 Å². The summed E-state index contributed by atoms with van der Waals surface area (Å²) in [6, 6.07) is 0. The van der Waals surface area contributed by atoms with Crippen LogP contribution in [0.1, 0.15) is 91.9 Å². The minimum Gasteiger partial charge on any atom is -0.450 e. The normalized spacial score (nSPS) is 48.0. The first-order valence-electron chi connectivity index (χ1n) is 13.1. The van der Waals surface area contributed by atoms with Crippen LogP contribution in [-0.2, 0) is 19.1 Å². The Kier molecular flexibility index (Phi) is 6.77. The fourth-order valence-electron chi connectivity index (χ4n) is 8.84. The van der Waals surface area contributed by atoms with Crippen molar-refractivity contribution in [2.75, 3.05) is 5.88 Å². The van der Waals surface area contributed by atoms with Gasteiger partial charge in [-0.25, -0.2) is 4.39 Å². The van der Waals surface area contributed by atoms with Crippen LogP contribution >= 0.6 is 11.6 Å². The Morgan fingerprint density at radius 3 is 2.53 bits per heavy atom. The summed E-state index contributed by atoms with van der Waals surface area (Å²) in [6.07, 6.45) is 3.02. The third kappa shape index (κ3) is 3.37. The minimum atomic E-state index is -1.85. The highest BCUT2D eigenvalue weighted by Gasteiger charge is 2.76. The summed E-state index contributed by atoms with van der Waals surface area (Å²) >= 11 is 6.04. The Morgan fingerprint density at radius 1 is 1.18 bits per heavy atom. The first-order chi connectivity index (χ1) is 15.9. The van der Waals surface area contributed by atoms with Crippen LogP contribution in [0.15, 0.2) is 0 Å². The molecule has 4 saturated carbocycles. The lowest BCUT2D eigenvalue weighted by molar-refractivity contribution is -0.264. The predicted octanol–water partition coefficient (Wildman–Crippen LogP) is 5.19. The monoisotopic (exact) mass is 498 g/mol. The van der Waals surface area contributed by atoms with Gasteiger partial charge in [0.2, 0.25) is 0 Å². The van der Waals surface area contributed by atoms with Crippen molar-refractivity contribution in [3.8, 4) is 0 Å². The highest BCUT2D eigenvalue weighted by Crippen LogP contribution is 2.72. The van der Waals surface area contributed by atoms with E-state index in [1.54, 1.807) is 0 Å². The number of unbranched alkanes of at least 4 members (excludes halogenated alkanes) is 1. The number of rotatable bonds is 6. The quantitative estimate of drug-likeness (QED) is 0.402. The zero-order valence-electron chi connectivity index (χ0n) is 21.0. The van der Waals surface area contributed by atoms with E-state index in [2.05, 4.69) is 6.92 Å².